The van der Waals surface area contributed by atoms with E-state index in [1.807, 2.05) is 68.4 Å². The average molecular weight is 462 g/mol. The Balaban J connectivity index is 1.45. The van der Waals surface area contributed by atoms with Gasteiger partial charge in [-0.3, -0.25) is 4.79 Å². The standard InChI is InChI=1S/C24H20BrN3O2/c1-16-6-7-17(2)28(16)21-5-3-4-19(14-21)24(29)27-26-15-22-12-13-23(30-22)18-8-10-20(25)11-9-18/h3-15H,1-2H3,(H,27,29)/b26-15+. The monoisotopic (exact) mass is 461 g/mol. The quantitative estimate of drug-likeness (QED) is 0.298. The van der Waals surface area contributed by atoms with Crippen LogP contribution in [0.1, 0.15) is 27.5 Å². The number of hydrazone groups is 1. The molecule has 0 saturated carbocycles. The molecule has 2 heterocycles. The molecule has 1 N–H and O–H groups in total. The van der Waals surface area contributed by atoms with Gasteiger partial charge in [-0.15, -0.1) is 0 Å². The van der Waals surface area contributed by atoms with Gasteiger partial charge < -0.3 is 8.98 Å². The molecule has 1 amide bonds. The molecule has 5 nitrogen and oxygen atoms in total. The van der Waals surface area contributed by atoms with Gasteiger partial charge >= 0.3 is 0 Å². The zero-order valence-corrected chi connectivity index (χ0v) is 18.2. The number of hydrogen-bond donors (Lipinski definition) is 1. The Morgan fingerprint density at radius 3 is 2.47 bits per heavy atom. The van der Waals surface area contributed by atoms with Gasteiger partial charge in [0.15, 0.2) is 0 Å². The minimum atomic E-state index is -0.282. The van der Waals surface area contributed by atoms with Crippen molar-refractivity contribution in [3.8, 4) is 17.0 Å². The Bertz CT molecular complexity index is 1200. The van der Waals surface area contributed by atoms with E-state index in [2.05, 4.69) is 43.2 Å². The number of benzene rings is 2. The van der Waals surface area contributed by atoms with Crippen molar-refractivity contribution in [1.29, 1.82) is 0 Å². The van der Waals surface area contributed by atoms with Crippen molar-refractivity contribution in [2.75, 3.05) is 0 Å². The van der Waals surface area contributed by atoms with Crippen LogP contribution < -0.4 is 5.43 Å². The highest BCUT2D eigenvalue weighted by molar-refractivity contribution is 9.10. The molecule has 0 atom stereocenters. The number of halogens is 1. The molecule has 0 bridgehead atoms. The first-order valence-corrected chi connectivity index (χ1v) is 10.2. The molecule has 6 heteroatoms. The molecule has 150 valence electrons. The van der Waals surface area contributed by atoms with Crippen LogP contribution >= 0.6 is 15.9 Å². The maximum Gasteiger partial charge on any atom is 0.271 e. The molecule has 0 fully saturated rings. The van der Waals surface area contributed by atoms with E-state index in [9.17, 15) is 4.79 Å². The highest BCUT2D eigenvalue weighted by atomic mass is 79.9. The summed E-state index contributed by atoms with van der Waals surface area (Å²) in [6, 6.07) is 23.1. The molecule has 4 rings (SSSR count). The van der Waals surface area contributed by atoms with Crippen LogP contribution in [0.3, 0.4) is 0 Å². The fourth-order valence-electron chi connectivity index (χ4n) is 3.27. The van der Waals surface area contributed by atoms with E-state index in [0.29, 0.717) is 11.3 Å². The summed E-state index contributed by atoms with van der Waals surface area (Å²) in [6.45, 7) is 4.08. The summed E-state index contributed by atoms with van der Waals surface area (Å²) in [5, 5.41) is 4.03. The van der Waals surface area contributed by atoms with E-state index >= 15 is 0 Å². The smallest absolute Gasteiger partial charge is 0.271 e. The van der Waals surface area contributed by atoms with Crippen molar-refractivity contribution in [1.82, 2.24) is 9.99 Å². The van der Waals surface area contributed by atoms with Gasteiger partial charge in [-0.1, -0.05) is 34.1 Å². The summed E-state index contributed by atoms with van der Waals surface area (Å²) in [5.74, 6) is 1.01. The SMILES string of the molecule is Cc1ccc(C)n1-c1cccc(C(=O)N/N=C/c2ccc(-c3ccc(Br)cc3)o2)c1. The van der Waals surface area contributed by atoms with Crippen molar-refractivity contribution >= 4 is 28.1 Å². The molecule has 4 aromatic rings. The van der Waals surface area contributed by atoms with Gasteiger partial charge in [0.05, 0.1) is 6.21 Å². The number of nitrogens with zero attached hydrogens (tertiary/aromatic N) is 2. The first kappa shape index (κ1) is 19.9. The second-order valence-electron chi connectivity index (χ2n) is 6.91. The highest BCUT2D eigenvalue weighted by Crippen LogP contribution is 2.23. The van der Waals surface area contributed by atoms with Crippen LogP contribution in [-0.4, -0.2) is 16.7 Å². The van der Waals surface area contributed by atoms with Gasteiger partial charge in [-0.2, -0.15) is 5.10 Å². The van der Waals surface area contributed by atoms with Gasteiger partial charge in [0.1, 0.15) is 11.5 Å². The number of carbonyl (C=O) groups is 1. The maximum absolute atomic E-state index is 12.5. The summed E-state index contributed by atoms with van der Waals surface area (Å²) < 4.78 is 8.88. The van der Waals surface area contributed by atoms with Gasteiger partial charge in [-0.05, 0) is 68.4 Å². The zero-order chi connectivity index (χ0) is 21.1. The lowest BCUT2D eigenvalue weighted by Gasteiger charge is -2.10. The third-order valence-electron chi connectivity index (χ3n) is 4.75. The normalized spacial score (nSPS) is 11.2. The largest absolute Gasteiger partial charge is 0.455 e. The minimum absolute atomic E-state index is 0.282. The summed E-state index contributed by atoms with van der Waals surface area (Å²) in [5.41, 5.74) is 7.23. The van der Waals surface area contributed by atoms with Crippen molar-refractivity contribution in [3.05, 3.63) is 100.0 Å². The fourth-order valence-corrected chi connectivity index (χ4v) is 3.54. The number of aryl methyl sites for hydroxylation is 2. The van der Waals surface area contributed by atoms with E-state index in [-0.39, 0.29) is 5.91 Å². The Labute approximate surface area is 183 Å². The van der Waals surface area contributed by atoms with E-state index in [1.54, 1.807) is 6.07 Å². The predicted molar refractivity (Wildman–Crippen MR) is 122 cm³/mol. The minimum Gasteiger partial charge on any atom is -0.455 e. The number of hydrogen-bond acceptors (Lipinski definition) is 3. The van der Waals surface area contributed by atoms with Gasteiger partial charge in [0.25, 0.3) is 5.91 Å². The molecule has 0 spiro atoms. The Kier molecular flexibility index (Phi) is 5.68. The van der Waals surface area contributed by atoms with Crippen LogP contribution in [0.25, 0.3) is 17.0 Å². The molecule has 2 aromatic carbocycles. The zero-order valence-electron chi connectivity index (χ0n) is 16.6. The van der Waals surface area contributed by atoms with Crippen molar-refractivity contribution in [3.63, 3.8) is 0 Å². The lowest BCUT2D eigenvalue weighted by atomic mass is 10.2. The predicted octanol–water partition coefficient (Wildman–Crippen LogP) is 5.88. The number of rotatable bonds is 5. The molecule has 2 aromatic heterocycles. The first-order valence-electron chi connectivity index (χ1n) is 9.46. The van der Waals surface area contributed by atoms with E-state index in [0.717, 1.165) is 32.9 Å². The first-order chi connectivity index (χ1) is 14.5. The van der Waals surface area contributed by atoms with Gasteiger partial charge in [0, 0.05) is 32.7 Å². The van der Waals surface area contributed by atoms with Crippen LogP contribution in [0.15, 0.2) is 86.8 Å². The summed E-state index contributed by atoms with van der Waals surface area (Å²) >= 11 is 3.42. The van der Waals surface area contributed by atoms with E-state index < -0.39 is 0 Å². The van der Waals surface area contributed by atoms with Crippen molar-refractivity contribution < 1.29 is 9.21 Å². The third-order valence-corrected chi connectivity index (χ3v) is 5.28. The Morgan fingerprint density at radius 2 is 1.73 bits per heavy atom. The topological polar surface area (TPSA) is 59.5 Å². The lowest BCUT2D eigenvalue weighted by molar-refractivity contribution is 0.0955. The Hall–Kier alpha value is -3.38. The second-order valence-corrected chi connectivity index (χ2v) is 7.83. The molecule has 0 aliphatic carbocycles. The van der Waals surface area contributed by atoms with E-state index in [1.165, 1.54) is 6.21 Å². The molecule has 0 saturated heterocycles. The molecule has 0 aliphatic heterocycles. The van der Waals surface area contributed by atoms with Crippen LogP contribution in [0.5, 0.6) is 0 Å². The molecular weight excluding hydrogens is 442 g/mol. The molecular formula is C24H20BrN3O2. The number of nitrogens with one attached hydrogen (secondary N) is 1. The maximum atomic E-state index is 12.5. The highest BCUT2D eigenvalue weighted by Gasteiger charge is 2.09. The van der Waals surface area contributed by atoms with Crippen LogP contribution in [0.2, 0.25) is 0 Å². The number of carbonyl (C=O) groups excluding carboxylic acids is 1. The number of furan rings is 1. The van der Waals surface area contributed by atoms with E-state index in [4.69, 9.17) is 4.42 Å². The fraction of sp³-hybridized carbons (Fsp3) is 0.0833. The summed E-state index contributed by atoms with van der Waals surface area (Å²) in [4.78, 5) is 12.5. The Morgan fingerprint density at radius 1 is 1.00 bits per heavy atom. The van der Waals surface area contributed by atoms with Gasteiger partial charge in [-0.25, -0.2) is 5.43 Å². The number of aromatic nitrogens is 1. The average Bonchev–Trinajstić information content (AvgIpc) is 3.35. The van der Waals surface area contributed by atoms with Crippen LogP contribution in [0.4, 0.5) is 0 Å². The summed E-state index contributed by atoms with van der Waals surface area (Å²) in [6.07, 6.45) is 1.49. The lowest BCUT2D eigenvalue weighted by Crippen LogP contribution is -2.17. The number of amides is 1. The van der Waals surface area contributed by atoms with Crippen molar-refractivity contribution in [2.45, 2.75) is 13.8 Å². The van der Waals surface area contributed by atoms with Crippen molar-refractivity contribution in [2.24, 2.45) is 5.10 Å². The molecule has 0 unspecified atom stereocenters. The third kappa shape index (κ3) is 4.28. The molecule has 30 heavy (non-hydrogen) atoms. The van der Waals surface area contributed by atoms with Gasteiger partial charge in [0.2, 0.25) is 0 Å². The molecule has 0 radical (unpaired) electrons. The summed E-state index contributed by atoms with van der Waals surface area (Å²) in [7, 11) is 0. The second kappa shape index (κ2) is 8.55. The van der Waals surface area contributed by atoms with Crippen LogP contribution in [-0.2, 0) is 0 Å². The van der Waals surface area contributed by atoms with Crippen LogP contribution in [0, 0.1) is 13.8 Å². The molecule has 0 aliphatic rings.